The fraction of sp³-hybridized carbons (Fsp3) is 0.350. The van der Waals surface area contributed by atoms with E-state index in [1.165, 1.54) is 0 Å². The number of rotatable bonds is 3. The van der Waals surface area contributed by atoms with Crippen LogP contribution in [0.15, 0.2) is 30.7 Å². The fourth-order valence-corrected chi connectivity index (χ4v) is 4.10. The molecule has 0 aromatic carbocycles. The second-order valence-electron chi connectivity index (χ2n) is 7.18. The zero-order chi connectivity index (χ0) is 18.4. The lowest BCUT2D eigenvalue weighted by Crippen LogP contribution is -2.34. The SMILES string of the molecule is O=C1Cc2ncc(-c3cnc4[nH]cc(Cl)c4c3)cc2N1CC1CCOCC1. The Hall–Kier alpha value is -2.44. The first-order chi connectivity index (χ1) is 13.2. The number of carbonyl (C=O) groups is 1. The molecule has 2 aliphatic heterocycles. The van der Waals surface area contributed by atoms with Crippen LogP contribution in [-0.4, -0.2) is 40.6 Å². The molecule has 0 aliphatic carbocycles. The van der Waals surface area contributed by atoms with E-state index in [1.54, 1.807) is 12.4 Å². The molecule has 0 radical (unpaired) electrons. The van der Waals surface area contributed by atoms with E-state index in [-0.39, 0.29) is 5.91 Å². The molecular formula is C20H19ClN4O2. The summed E-state index contributed by atoms with van der Waals surface area (Å²) in [5.41, 5.74) is 4.40. The predicted octanol–water partition coefficient (Wildman–Crippen LogP) is 3.59. The van der Waals surface area contributed by atoms with Crippen molar-refractivity contribution in [2.24, 2.45) is 5.92 Å². The van der Waals surface area contributed by atoms with Crippen molar-refractivity contribution in [3.8, 4) is 11.1 Å². The normalized spacial score (nSPS) is 17.7. The Morgan fingerprint density at radius 1 is 1.19 bits per heavy atom. The average molecular weight is 383 g/mol. The van der Waals surface area contributed by atoms with Gasteiger partial charge in [-0.3, -0.25) is 9.78 Å². The number of ether oxygens (including phenoxy) is 1. The third kappa shape index (κ3) is 2.99. The molecule has 138 valence electrons. The lowest BCUT2D eigenvalue weighted by Gasteiger charge is -2.27. The maximum atomic E-state index is 12.6. The quantitative estimate of drug-likeness (QED) is 0.751. The van der Waals surface area contributed by atoms with Crippen molar-refractivity contribution < 1.29 is 9.53 Å². The third-order valence-electron chi connectivity index (χ3n) is 5.45. The van der Waals surface area contributed by atoms with E-state index in [4.69, 9.17) is 16.3 Å². The minimum Gasteiger partial charge on any atom is -0.381 e. The molecule has 3 aromatic rings. The molecule has 1 N–H and O–H groups in total. The van der Waals surface area contributed by atoms with Crippen LogP contribution >= 0.6 is 11.6 Å². The molecule has 3 aromatic heterocycles. The van der Waals surface area contributed by atoms with Gasteiger partial charge in [-0.2, -0.15) is 0 Å². The number of H-pyrrole nitrogens is 1. The summed E-state index contributed by atoms with van der Waals surface area (Å²) in [4.78, 5) is 26.5. The summed E-state index contributed by atoms with van der Waals surface area (Å²) < 4.78 is 5.44. The number of aromatic amines is 1. The van der Waals surface area contributed by atoms with E-state index in [0.29, 0.717) is 17.4 Å². The molecule has 6 nitrogen and oxygen atoms in total. The summed E-state index contributed by atoms with van der Waals surface area (Å²) in [5.74, 6) is 0.609. The van der Waals surface area contributed by atoms with Crippen molar-refractivity contribution in [2.45, 2.75) is 19.3 Å². The Morgan fingerprint density at radius 3 is 2.81 bits per heavy atom. The molecule has 1 saturated heterocycles. The topological polar surface area (TPSA) is 71.1 Å². The number of fused-ring (bicyclic) bond motifs is 2. The van der Waals surface area contributed by atoms with Crippen LogP contribution in [0.25, 0.3) is 22.2 Å². The van der Waals surface area contributed by atoms with Gasteiger partial charge in [0.25, 0.3) is 0 Å². The molecule has 0 unspecified atom stereocenters. The Bertz CT molecular complexity index is 1030. The summed E-state index contributed by atoms with van der Waals surface area (Å²) >= 11 is 6.23. The first-order valence-corrected chi connectivity index (χ1v) is 9.57. The van der Waals surface area contributed by atoms with Crippen molar-refractivity contribution >= 4 is 34.2 Å². The Morgan fingerprint density at radius 2 is 1.96 bits per heavy atom. The summed E-state index contributed by atoms with van der Waals surface area (Å²) in [6, 6.07) is 4.06. The smallest absolute Gasteiger partial charge is 0.233 e. The number of hydrogen-bond donors (Lipinski definition) is 1. The molecule has 1 fully saturated rings. The van der Waals surface area contributed by atoms with Gasteiger partial charge in [-0.05, 0) is 30.9 Å². The zero-order valence-electron chi connectivity index (χ0n) is 14.7. The highest BCUT2D eigenvalue weighted by Crippen LogP contribution is 2.34. The molecule has 7 heteroatoms. The number of carbonyl (C=O) groups excluding carboxylic acids is 1. The van der Waals surface area contributed by atoms with Crippen LogP contribution in [-0.2, 0) is 16.0 Å². The molecule has 5 heterocycles. The Balaban J connectivity index is 1.49. The Labute approximate surface area is 161 Å². The summed E-state index contributed by atoms with van der Waals surface area (Å²) in [5, 5.41) is 1.52. The van der Waals surface area contributed by atoms with Gasteiger partial charge in [0.15, 0.2) is 0 Å². The molecule has 0 spiro atoms. The maximum Gasteiger partial charge on any atom is 0.233 e. The van der Waals surface area contributed by atoms with Crippen LogP contribution in [0.5, 0.6) is 0 Å². The number of hydrogen-bond acceptors (Lipinski definition) is 4. The van der Waals surface area contributed by atoms with E-state index in [1.807, 2.05) is 17.2 Å². The van der Waals surface area contributed by atoms with Gasteiger partial charge in [-0.1, -0.05) is 11.6 Å². The van der Waals surface area contributed by atoms with Gasteiger partial charge < -0.3 is 14.6 Å². The predicted molar refractivity (Wildman–Crippen MR) is 104 cm³/mol. The molecule has 1 amide bonds. The highest BCUT2D eigenvalue weighted by molar-refractivity contribution is 6.35. The van der Waals surface area contributed by atoms with Crippen LogP contribution in [0.4, 0.5) is 5.69 Å². The van der Waals surface area contributed by atoms with E-state index in [0.717, 1.165) is 66.1 Å². The van der Waals surface area contributed by atoms with Gasteiger partial charge in [0.2, 0.25) is 5.91 Å². The molecule has 2 aliphatic rings. The summed E-state index contributed by atoms with van der Waals surface area (Å²) in [6.45, 7) is 2.29. The second kappa shape index (κ2) is 6.62. The molecular weight excluding hydrogens is 364 g/mol. The van der Waals surface area contributed by atoms with Crippen molar-refractivity contribution in [3.05, 3.63) is 41.4 Å². The molecule has 27 heavy (non-hydrogen) atoms. The molecule has 0 saturated carbocycles. The molecule has 0 atom stereocenters. The van der Waals surface area contributed by atoms with Crippen molar-refractivity contribution in [1.82, 2.24) is 15.0 Å². The first-order valence-electron chi connectivity index (χ1n) is 9.19. The highest BCUT2D eigenvalue weighted by atomic mass is 35.5. The van der Waals surface area contributed by atoms with Crippen LogP contribution in [0.2, 0.25) is 5.02 Å². The minimum atomic E-state index is 0.128. The van der Waals surface area contributed by atoms with Crippen LogP contribution in [0.1, 0.15) is 18.5 Å². The van der Waals surface area contributed by atoms with Crippen molar-refractivity contribution in [1.29, 1.82) is 0 Å². The summed E-state index contributed by atoms with van der Waals surface area (Å²) in [7, 11) is 0. The van der Waals surface area contributed by atoms with Gasteiger partial charge in [-0.25, -0.2) is 4.98 Å². The number of pyridine rings is 2. The summed E-state index contributed by atoms with van der Waals surface area (Å²) in [6.07, 6.45) is 7.72. The number of anilines is 1. The van der Waals surface area contributed by atoms with Crippen LogP contribution < -0.4 is 4.90 Å². The number of aromatic nitrogens is 3. The largest absolute Gasteiger partial charge is 0.381 e. The van der Waals surface area contributed by atoms with E-state index in [2.05, 4.69) is 21.0 Å². The number of nitrogens with one attached hydrogen (secondary N) is 1. The molecule has 5 rings (SSSR count). The molecule has 0 bridgehead atoms. The number of nitrogens with zero attached hydrogens (tertiary/aromatic N) is 3. The minimum absolute atomic E-state index is 0.128. The maximum absolute atomic E-state index is 12.6. The fourth-order valence-electron chi connectivity index (χ4n) is 3.90. The lowest BCUT2D eigenvalue weighted by molar-refractivity contribution is -0.117. The van der Waals surface area contributed by atoms with Gasteiger partial charge >= 0.3 is 0 Å². The third-order valence-corrected chi connectivity index (χ3v) is 5.77. The lowest BCUT2D eigenvalue weighted by atomic mass is 9.99. The first kappa shape index (κ1) is 16.7. The van der Waals surface area contributed by atoms with E-state index in [9.17, 15) is 4.79 Å². The standard InChI is InChI=1S/C20H19ClN4O2/c21-16-10-24-20-15(16)5-13(9-23-20)14-6-18-17(22-8-14)7-19(26)25(18)11-12-1-3-27-4-2-12/h5-6,8-10,12H,1-4,7,11H2,(H,23,24). The highest BCUT2D eigenvalue weighted by Gasteiger charge is 2.31. The van der Waals surface area contributed by atoms with Gasteiger partial charge in [0.1, 0.15) is 5.65 Å². The Kier molecular flexibility index (Phi) is 4.10. The van der Waals surface area contributed by atoms with Crippen LogP contribution in [0.3, 0.4) is 0 Å². The van der Waals surface area contributed by atoms with Crippen molar-refractivity contribution in [3.63, 3.8) is 0 Å². The van der Waals surface area contributed by atoms with Gasteiger partial charge in [-0.15, -0.1) is 0 Å². The second-order valence-corrected chi connectivity index (χ2v) is 7.59. The van der Waals surface area contributed by atoms with E-state index >= 15 is 0 Å². The van der Waals surface area contributed by atoms with Gasteiger partial charge in [0.05, 0.1) is 22.8 Å². The zero-order valence-corrected chi connectivity index (χ0v) is 15.5. The van der Waals surface area contributed by atoms with Gasteiger partial charge in [0, 0.05) is 54.9 Å². The van der Waals surface area contributed by atoms with E-state index < -0.39 is 0 Å². The van der Waals surface area contributed by atoms with Crippen LogP contribution in [0, 0.1) is 5.92 Å². The average Bonchev–Trinajstić information content (AvgIpc) is 3.22. The number of halogens is 1. The monoisotopic (exact) mass is 382 g/mol. The number of amides is 1. The van der Waals surface area contributed by atoms with Crippen molar-refractivity contribution in [2.75, 3.05) is 24.7 Å².